The summed E-state index contributed by atoms with van der Waals surface area (Å²) >= 11 is 3.41. The summed E-state index contributed by atoms with van der Waals surface area (Å²) in [5.74, 6) is -0.818. The summed E-state index contributed by atoms with van der Waals surface area (Å²) in [5.41, 5.74) is 1.85. The number of aryl methyl sites for hydroxylation is 1. The summed E-state index contributed by atoms with van der Waals surface area (Å²) in [5, 5.41) is 11.8. The summed E-state index contributed by atoms with van der Waals surface area (Å²) in [4.78, 5) is 27.0. The van der Waals surface area contributed by atoms with Crippen molar-refractivity contribution in [3.63, 3.8) is 0 Å². The molecule has 1 aromatic carbocycles. The van der Waals surface area contributed by atoms with E-state index < -0.39 is 5.97 Å². The molecule has 1 aliphatic rings. The fraction of sp³-hybridized carbons (Fsp3) is 0.529. The number of carbonyl (C=O) groups excluding carboxylic acids is 1. The molecular formula is C17H25BrClN3O3. The van der Waals surface area contributed by atoms with Crippen molar-refractivity contribution in [1.82, 2.24) is 9.80 Å². The number of anilines is 1. The van der Waals surface area contributed by atoms with Gasteiger partial charge in [0.2, 0.25) is 5.91 Å². The van der Waals surface area contributed by atoms with Crippen LogP contribution in [0.4, 0.5) is 5.69 Å². The largest absolute Gasteiger partial charge is 0.480 e. The molecule has 0 unspecified atom stereocenters. The number of carboxylic acids is 1. The van der Waals surface area contributed by atoms with Crippen LogP contribution in [-0.2, 0) is 9.59 Å². The van der Waals surface area contributed by atoms with Crippen molar-refractivity contribution < 1.29 is 14.7 Å². The number of halogens is 2. The minimum atomic E-state index is -0.802. The number of nitrogens with one attached hydrogen (secondary N) is 1. The second kappa shape index (κ2) is 10.1. The number of likely N-dealkylation sites (tertiary alicyclic amines) is 1. The highest BCUT2D eigenvalue weighted by Crippen LogP contribution is 2.20. The number of benzene rings is 1. The number of carboxylic acid groups (broad SMARTS) is 1. The van der Waals surface area contributed by atoms with Crippen molar-refractivity contribution in [3.05, 3.63) is 28.2 Å². The number of piperidine rings is 1. The molecule has 2 N–H and O–H groups in total. The Hall–Kier alpha value is -1.15. The lowest BCUT2D eigenvalue weighted by molar-refractivity contribution is -0.138. The number of nitrogens with zero attached hydrogens (tertiary/aromatic N) is 2. The lowest BCUT2D eigenvalue weighted by Gasteiger charge is -2.35. The Morgan fingerprint density at radius 2 is 2.00 bits per heavy atom. The molecule has 0 spiro atoms. The highest BCUT2D eigenvalue weighted by atomic mass is 79.9. The van der Waals surface area contributed by atoms with Crippen LogP contribution in [0.1, 0.15) is 18.4 Å². The molecule has 8 heteroatoms. The molecule has 0 aromatic heterocycles. The Balaban J connectivity index is 0.00000312. The lowest BCUT2D eigenvalue weighted by atomic mass is 10.0. The number of likely N-dealkylation sites (N-methyl/N-ethyl adjacent to an activating group) is 1. The predicted molar refractivity (Wildman–Crippen MR) is 104 cm³/mol. The summed E-state index contributed by atoms with van der Waals surface area (Å²) in [6.07, 6.45) is 1.77. The van der Waals surface area contributed by atoms with Crippen molar-refractivity contribution in [2.24, 2.45) is 0 Å². The highest BCUT2D eigenvalue weighted by molar-refractivity contribution is 9.10. The van der Waals surface area contributed by atoms with Crippen LogP contribution in [-0.4, -0.2) is 66.1 Å². The molecular weight excluding hydrogens is 410 g/mol. The maximum absolute atomic E-state index is 12.2. The molecule has 0 atom stereocenters. The summed E-state index contributed by atoms with van der Waals surface area (Å²) in [6, 6.07) is 6.05. The molecule has 140 valence electrons. The molecule has 0 bridgehead atoms. The average molecular weight is 435 g/mol. The van der Waals surface area contributed by atoms with Gasteiger partial charge in [0.15, 0.2) is 0 Å². The normalized spacial score (nSPS) is 15.7. The maximum Gasteiger partial charge on any atom is 0.317 e. The van der Waals surface area contributed by atoms with Crippen molar-refractivity contribution >= 4 is 45.9 Å². The Morgan fingerprint density at radius 3 is 2.56 bits per heavy atom. The summed E-state index contributed by atoms with van der Waals surface area (Å²) in [6.45, 7) is 4.01. The van der Waals surface area contributed by atoms with Gasteiger partial charge >= 0.3 is 5.97 Å². The first-order chi connectivity index (χ1) is 11.3. The third-order valence-electron chi connectivity index (χ3n) is 4.39. The first kappa shape index (κ1) is 21.9. The van der Waals surface area contributed by atoms with Gasteiger partial charge in [0.25, 0.3) is 0 Å². The first-order valence-electron chi connectivity index (χ1n) is 8.05. The van der Waals surface area contributed by atoms with E-state index in [1.807, 2.05) is 37.1 Å². The van der Waals surface area contributed by atoms with Crippen LogP contribution < -0.4 is 5.32 Å². The van der Waals surface area contributed by atoms with E-state index in [2.05, 4.69) is 26.1 Å². The zero-order chi connectivity index (χ0) is 17.7. The van der Waals surface area contributed by atoms with E-state index in [1.54, 1.807) is 0 Å². The van der Waals surface area contributed by atoms with Crippen LogP contribution in [0.2, 0.25) is 0 Å². The van der Waals surface area contributed by atoms with E-state index in [1.165, 1.54) is 0 Å². The standard InChI is InChI=1S/C17H24BrN3O3.ClH/c1-12-9-13(18)3-4-15(12)19-16(22)10-21-7-5-14(6-8-21)20(2)11-17(23)24;/h3-4,9,14H,5-8,10-11H2,1-2H3,(H,19,22)(H,23,24);1H. The Kier molecular flexibility index (Phi) is 8.85. The van der Waals surface area contributed by atoms with Gasteiger partial charge in [-0.15, -0.1) is 12.4 Å². The van der Waals surface area contributed by atoms with E-state index in [0.29, 0.717) is 6.54 Å². The van der Waals surface area contributed by atoms with Gasteiger partial charge in [-0.05, 0) is 50.6 Å². The summed E-state index contributed by atoms with van der Waals surface area (Å²) in [7, 11) is 1.84. The van der Waals surface area contributed by atoms with Crippen molar-refractivity contribution in [1.29, 1.82) is 0 Å². The molecule has 25 heavy (non-hydrogen) atoms. The molecule has 6 nitrogen and oxygen atoms in total. The molecule has 2 rings (SSSR count). The van der Waals surface area contributed by atoms with Crippen molar-refractivity contribution in [3.8, 4) is 0 Å². The van der Waals surface area contributed by atoms with Crippen molar-refractivity contribution in [2.45, 2.75) is 25.8 Å². The Labute approximate surface area is 163 Å². The van der Waals surface area contributed by atoms with Gasteiger partial charge in [0.05, 0.1) is 13.1 Å². The fourth-order valence-corrected chi connectivity index (χ4v) is 3.50. The Morgan fingerprint density at radius 1 is 1.36 bits per heavy atom. The third kappa shape index (κ3) is 6.93. The van der Waals surface area contributed by atoms with E-state index in [-0.39, 0.29) is 30.9 Å². The second-order valence-electron chi connectivity index (χ2n) is 6.32. The van der Waals surface area contributed by atoms with Gasteiger partial charge in [-0.2, -0.15) is 0 Å². The predicted octanol–water partition coefficient (Wildman–Crippen LogP) is 2.60. The number of rotatable bonds is 6. The minimum Gasteiger partial charge on any atom is -0.480 e. The quantitative estimate of drug-likeness (QED) is 0.720. The van der Waals surface area contributed by atoms with Gasteiger partial charge in [0.1, 0.15) is 0 Å². The van der Waals surface area contributed by atoms with Crippen LogP contribution in [0.3, 0.4) is 0 Å². The molecule has 1 heterocycles. The number of hydrogen-bond acceptors (Lipinski definition) is 4. The zero-order valence-corrected chi connectivity index (χ0v) is 16.9. The SMILES string of the molecule is Cc1cc(Br)ccc1NC(=O)CN1CCC(N(C)CC(=O)O)CC1.Cl. The smallest absolute Gasteiger partial charge is 0.317 e. The number of amides is 1. The Bertz CT molecular complexity index is 607. The highest BCUT2D eigenvalue weighted by Gasteiger charge is 2.24. The van der Waals surface area contributed by atoms with Gasteiger partial charge < -0.3 is 10.4 Å². The van der Waals surface area contributed by atoms with Gasteiger partial charge in [-0.1, -0.05) is 15.9 Å². The van der Waals surface area contributed by atoms with Crippen LogP contribution in [0.15, 0.2) is 22.7 Å². The molecule has 0 saturated carbocycles. The van der Waals surface area contributed by atoms with E-state index in [0.717, 1.165) is 41.7 Å². The minimum absolute atomic E-state index is 0. The molecule has 0 radical (unpaired) electrons. The number of carbonyl (C=O) groups is 2. The average Bonchev–Trinajstić information content (AvgIpc) is 2.50. The van der Waals surface area contributed by atoms with Crippen LogP contribution in [0.5, 0.6) is 0 Å². The molecule has 1 aliphatic heterocycles. The number of aliphatic carboxylic acids is 1. The van der Waals surface area contributed by atoms with E-state index in [9.17, 15) is 9.59 Å². The lowest BCUT2D eigenvalue weighted by Crippen LogP contribution is -2.46. The molecule has 0 aliphatic carbocycles. The maximum atomic E-state index is 12.2. The third-order valence-corrected chi connectivity index (χ3v) is 4.89. The van der Waals surface area contributed by atoms with Crippen LogP contribution in [0, 0.1) is 6.92 Å². The fourth-order valence-electron chi connectivity index (χ4n) is 3.02. The van der Waals surface area contributed by atoms with Crippen LogP contribution in [0.25, 0.3) is 0 Å². The van der Waals surface area contributed by atoms with Gasteiger partial charge in [-0.25, -0.2) is 0 Å². The van der Waals surface area contributed by atoms with Crippen LogP contribution >= 0.6 is 28.3 Å². The molecule has 1 amide bonds. The topological polar surface area (TPSA) is 72.9 Å². The molecule has 1 saturated heterocycles. The number of hydrogen-bond donors (Lipinski definition) is 2. The first-order valence-corrected chi connectivity index (χ1v) is 8.85. The monoisotopic (exact) mass is 433 g/mol. The van der Waals surface area contributed by atoms with Gasteiger partial charge in [-0.3, -0.25) is 19.4 Å². The van der Waals surface area contributed by atoms with E-state index in [4.69, 9.17) is 5.11 Å². The van der Waals surface area contributed by atoms with Gasteiger partial charge in [0, 0.05) is 29.3 Å². The summed E-state index contributed by atoms with van der Waals surface area (Å²) < 4.78 is 0.991. The molecule has 1 aromatic rings. The van der Waals surface area contributed by atoms with Crippen molar-refractivity contribution in [2.75, 3.05) is 38.5 Å². The molecule has 1 fully saturated rings. The van der Waals surface area contributed by atoms with E-state index >= 15 is 0 Å². The second-order valence-corrected chi connectivity index (χ2v) is 7.24. The zero-order valence-electron chi connectivity index (χ0n) is 14.5.